The van der Waals surface area contributed by atoms with Gasteiger partial charge in [0.15, 0.2) is 5.16 Å². The maximum Gasteiger partial charge on any atom is 0.233 e. The molecule has 3 aromatic rings. The molecule has 0 aliphatic carbocycles. The van der Waals surface area contributed by atoms with Crippen molar-refractivity contribution in [3.8, 4) is 0 Å². The first-order chi connectivity index (χ1) is 12.7. The average molecular weight is 369 g/mol. The molecule has 3 rings (SSSR count). The number of carbonyl (C=O) groups is 1. The SMILES string of the molecule is COCCn1c(SC(C)C(=O)NCc2ccccc2)nc2ccccc21. The average Bonchev–Trinajstić information content (AvgIpc) is 3.02. The summed E-state index contributed by atoms with van der Waals surface area (Å²) in [6.07, 6.45) is 0. The highest BCUT2D eigenvalue weighted by atomic mass is 32.2. The van der Waals surface area contributed by atoms with E-state index in [4.69, 9.17) is 9.72 Å². The number of ether oxygens (including phenoxy) is 1. The highest BCUT2D eigenvalue weighted by Gasteiger charge is 2.19. The van der Waals surface area contributed by atoms with Crippen molar-refractivity contribution in [1.29, 1.82) is 0 Å². The number of fused-ring (bicyclic) bond motifs is 1. The Labute approximate surface area is 157 Å². The molecule has 5 nitrogen and oxygen atoms in total. The van der Waals surface area contributed by atoms with Crippen LogP contribution in [-0.2, 0) is 22.6 Å². The van der Waals surface area contributed by atoms with E-state index in [1.54, 1.807) is 7.11 Å². The van der Waals surface area contributed by atoms with Crippen molar-refractivity contribution in [3.63, 3.8) is 0 Å². The number of para-hydroxylation sites is 2. The van der Waals surface area contributed by atoms with Crippen LogP contribution in [0.25, 0.3) is 11.0 Å². The van der Waals surface area contributed by atoms with Crippen LogP contribution in [0.1, 0.15) is 12.5 Å². The summed E-state index contributed by atoms with van der Waals surface area (Å²) in [7, 11) is 1.69. The number of nitrogens with one attached hydrogen (secondary N) is 1. The van der Waals surface area contributed by atoms with E-state index in [1.807, 2.05) is 61.5 Å². The van der Waals surface area contributed by atoms with Gasteiger partial charge < -0.3 is 14.6 Å². The lowest BCUT2D eigenvalue weighted by Gasteiger charge is -2.13. The summed E-state index contributed by atoms with van der Waals surface area (Å²) in [5, 5.41) is 3.59. The van der Waals surface area contributed by atoms with Crippen LogP contribution >= 0.6 is 11.8 Å². The fourth-order valence-electron chi connectivity index (χ4n) is 2.68. The summed E-state index contributed by atoms with van der Waals surface area (Å²) in [5.74, 6) is 0.00389. The van der Waals surface area contributed by atoms with Crippen molar-refractivity contribution in [2.45, 2.75) is 30.4 Å². The predicted molar refractivity (Wildman–Crippen MR) is 105 cm³/mol. The number of thioether (sulfide) groups is 1. The van der Waals surface area contributed by atoms with E-state index in [2.05, 4.69) is 9.88 Å². The summed E-state index contributed by atoms with van der Waals surface area (Å²) in [4.78, 5) is 17.2. The van der Waals surface area contributed by atoms with Gasteiger partial charge >= 0.3 is 0 Å². The van der Waals surface area contributed by atoms with Gasteiger partial charge in [0.1, 0.15) is 0 Å². The molecule has 0 radical (unpaired) electrons. The molecule has 26 heavy (non-hydrogen) atoms. The maximum absolute atomic E-state index is 12.5. The summed E-state index contributed by atoms with van der Waals surface area (Å²) < 4.78 is 7.34. The molecule has 2 aromatic carbocycles. The molecule has 0 spiro atoms. The van der Waals surface area contributed by atoms with Gasteiger partial charge in [-0.15, -0.1) is 0 Å². The van der Waals surface area contributed by atoms with Crippen molar-refractivity contribution in [3.05, 3.63) is 60.2 Å². The molecule has 0 aliphatic heterocycles. The first-order valence-electron chi connectivity index (χ1n) is 8.61. The minimum atomic E-state index is -0.239. The molecule has 0 aliphatic rings. The van der Waals surface area contributed by atoms with Gasteiger partial charge in [-0.1, -0.05) is 54.2 Å². The number of methoxy groups -OCH3 is 1. The zero-order valence-electron chi connectivity index (χ0n) is 15.0. The van der Waals surface area contributed by atoms with Crippen LogP contribution in [0.15, 0.2) is 59.8 Å². The molecule has 1 heterocycles. The van der Waals surface area contributed by atoms with E-state index in [0.29, 0.717) is 19.7 Å². The monoisotopic (exact) mass is 369 g/mol. The largest absolute Gasteiger partial charge is 0.383 e. The molecule has 1 N–H and O–H groups in total. The van der Waals surface area contributed by atoms with Crippen LogP contribution in [0.4, 0.5) is 0 Å². The fourth-order valence-corrected chi connectivity index (χ4v) is 3.66. The summed E-state index contributed by atoms with van der Waals surface area (Å²) in [5.41, 5.74) is 3.08. The fraction of sp³-hybridized carbons (Fsp3) is 0.300. The van der Waals surface area contributed by atoms with Crippen LogP contribution < -0.4 is 5.32 Å². The zero-order chi connectivity index (χ0) is 18.4. The van der Waals surface area contributed by atoms with Crippen LogP contribution in [-0.4, -0.2) is 34.4 Å². The lowest BCUT2D eigenvalue weighted by Crippen LogP contribution is -2.30. The number of amides is 1. The normalized spacial score (nSPS) is 12.2. The van der Waals surface area contributed by atoms with Crippen LogP contribution in [0.3, 0.4) is 0 Å². The van der Waals surface area contributed by atoms with Gasteiger partial charge in [-0.05, 0) is 24.6 Å². The Morgan fingerprint density at radius 3 is 2.69 bits per heavy atom. The minimum absolute atomic E-state index is 0.00389. The molecule has 136 valence electrons. The second-order valence-corrected chi connectivity index (χ2v) is 7.30. The van der Waals surface area contributed by atoms with Gasteiger partial charge in [-0.25, -0.2) is 4.98 Å². The Bertz CT molecular complexity index is 864. The molecular weight excluding hydrogens is 346 g/mol. The van der Waals surface area contributed by atoms with Gasteiger partial charge in [0.05, 0.1) is 22.9 Å². The Morgan fingerprint density at radius 2 is 1.92 bits per heavy atom. The third-order valence-corrected chi connectivity index (χ3v) is 5.19. The lowest BCUT2D eigenvalue weighted by molar-refractivity contribution is -0.120. The number of hydrogen-bond donors (Lipinski definition) is 1. The summed E-state index contributed by atoms with van der Waals surface area (Å²) in [6, 6.07) is 17.9. The molecule has 0 saturated heterocycles. The smallest absolute Gasteiger partial charge is 0.233 e. The van der Waals surface area contributed by atoms with Gasteiger partial charge in [-0.3, -0.25) is 4.79 Å². The highest BCUT2D eigenvalue weighted by molar-refractivity contribution is 8.00. The number of aromatic nitrogens is 2. The molecule has 0 bridgehead atoms. The Kier molecular flexibility index (Phi) is 6.30. The second kappa shape index (κ2) is 8.87. The van der Waals surface area contributed by atoms with Crippen molar-refractivity contribution in [2.24, 2.45) is 0 Å². The van der Waals surface area contributed by atoms with Crippen molar-refractivity contribution >= 4 is 28.7 Å². The Hall–Kier alpha value is -2.31. The van der Waals surface area contributed by atoms with Crippen molar-refractivity contribution in [2.75, 3.05) is 13.7 Å². The van der Waals surface area contributed by atoms with E-state index in [-0.39, 0.29) is 11.2 Å². The zero-order valence-corrected chi connectivity index (χ0v) is 15.8. The van der Waals surface area contributed by atoms with Crippen LogP contribution in [0.5, 0.6) is 0 Å². The first-order valence-corrected chi connectivity index (χ1v) is 9.49. The van der Waals surface area contributed by atoms with Crippen molar-refractivity contribution < 1.29 is 9.53 Å². The number of nitrogens with zero attached hydrogens (tertiary/aromatic N) is 2. The molecule has 1 unspecified atom stereocenters. The van der Waals surface area contributed by atoms with Crippen molar-refractivity contribution in [1.82, 2.24) is 14.9 Å². The maximum atomic E-state index is 12.5. The van der Waals surface area contributed by atoms with Gasteiger partial charge in [0.25, 0.3) is 0 Å². The molecule has 6 heteroatoms. The topological polar surface area (TPSA) is 56.1 Å². The molecular formula is C20H23N3O2S. The van der Waals surface area contributed by atoms with Gasteiger partial charge in [-0.2, -0.15) is 0 Å². The van der Waals surface area contributed by atoms with E-state index >= 15 is 0 Å². The van der Waals surface area contributed by atoms with Crippen LogP contribution in [0, 0.1) is 0 Å². The van der Waals surface area contributed by atoms with Crippen LogP contribution in [0.2, 0.25) is 0 Å². The number of carbonyl (C=O) groups excluding carboxylic acids is 1. The minimum Gasteiger partial charge on any atom is -0.383 e. The van der Waals surface area contributed by atoms with E-state index in [9.17, 15) is 4.79 Å². The predicted octanol–water partition coefficient (Wildman–Crippen LogP) is 3.48. The summed E-state index contributed by atoms with van der Waals surface area (Å²) in [6.45, 7) is 3.75. The highest BCUT2D eigenvalue weighted by Crippen LogP contribution is 2.27. The number of benzene rings is 2. The molecule has 1 atom stereocenters. The lowest BCUT2D eigenvalue weighted by atomic mass is 10.2. The molecule has 0 fully saturated rings. The summed E-state index contributed by atoms with van der Waals surface area (Å²) >= 11 is 1.47. The Balaban J connectivity index is 1.69. The Morgan fingerprint density at radius 1 is 1.19 bits per heavy atom. The third kappa shape index (κ3) is 4.45. The third-order valence-electron chi connectivity index (χ3n) is 4.10. The van der Waals surface area contributed by atoms with Gasteiger partial charge in [0.2, 0.25) is 5.91 Å². The van der Waals surface area contributed by atoms with Gasteiger partial charge in [0, 0.05) is 20.2 Å². The molecule has 1 amide bonds. The first kappa shape index (κ1) is 18.5. The second-order valence-electron chi connectivity index (χ2n) is 5.99. The van der Waals surface area contributed by atoms with E-state index < -0.39 is 0 Å². The number of rotatable bonds is 8. The number of imidazole rings is 1. The standard InChI is InChI=1S/C20H23N3O2S/c1-15(19(24)21-14-16-8-4-3-5-9-16)26-20-22-17-10-6-7-11-18(17)23(20)12-13-25-2/h3-11,15H,12-14H2,1-2H3,(H,21,24). The molecule has 0 saturated carbocycles. The van der Waals surface area contributed by atoms with E-state index in [1.165, 1.54) is 11.8 Å². The quantitative estimate of drug-likeness (QED) is 0.618. The molecule has 1 aromatic heterocycles. The van der Waals surface area contributed by atoms with E-state index in [0.717, 1.165) is 21.8 Å². The number of hydrogen-bond acceptors (Lipinski definition) is 4.